The van der Waals surface area contributed by atoms with Gasteiger partial charge in [-0.2, -0.15) is 0 Å². The molecule has 0 bridgehead atoms. The molecule has 39 heavy (non-hydrogen) atoms. The highest BCUT2D eigenvalue weighted by atomic mass is 35.5. The quantitative estimate of drug-likeness (QED) is 0.173. The third-order valence-corrected chi connectivity index (χ3v) is 8.90. The zero-order chi connectivity index (χ0) is 27.8. The van der Waals surface area contributed by atoms with Crippen LogP contribution in [0.5, 0.6) is 0 Å². The minimum absolute atomic E-state index is 0.100. The smallest absolute Gasteiger partial charge is 0.270 e. The highest BCUT2D eigenvalue weighted by molar-refractivity contribution is 7.98. The Hall–Kier alpha value is -2.72. The van der Waals surface area contributed by atoms with Crippen LogP contribution in [-0.2, 0) is 5.75 Å². The number of aryl methyl sites for hydroxylation is 1. The Morgan fingerprint density at radius 3 is 2.62 bits per heavy atom. The molecular formula is C29H35ClN6OS2. The zero-order valence-electron chi connectivity index (χ0n) is 22.9. The number of nitrogens with one attached hydrogen (secondary N) is 1. The molecule has 1 atom stereocenters. The average Bonchev–Trinajstić information content (AvgIpc) is 3.58. The molecule has 7 nitrogen and oxygen atoms in total. The van der Waals surface area contributed by atoms with Crippen LogP contribution in [0.25, 0.3) is 17.1 Å². The van der Waals surface area contributed by atoms with E-state index in [0.29, 0.717) is 22.3 Å². The lowest BCUT2D eigenvalue weighted by Crippen LogP contribution is -2.33. The lowest BCUT2D eigenvalue weighted by molar-refractivity contribution is 0.0932. The summed E-state index contributed by atoms with van der Waals surface area (Å²) in [7, 11) is 0. The van der Waals surface area contributed by atoms with Crippen molar-refractivity contribution in [3.63, 3.8) is 0 Å². The highest BCUT2D eigenvalue weighted by Crippen LogP contribution is 2.34. The van der Waals surface area contributed by atoms with Crippen molar-refractivity contribution >= 4 is 40.6 Å². The third-order valence-electron chi connectivity index (χ3n) is 6.60. The van der Waals surface area contributed by atoms with E-state index >= 15 is 0 Å². The van der Waals surface area contributed by atoms with Gasteiger partial charge in [-0.25, -0.2) is 4.98 Å². The maximum atomic E-state index is 12.8. The largest absolute Gasteiger partial charge is 0.348 e. The van der Waals surface area contributed by atoms with Gasteiger partial charge in [-0.05, 0) is 70.1 Å². The number of halogens is 1. The Morgan fingerprint density at radius 2 is 1.87 bits per heavy atom. The maximum Gasteiger partial charge on any atom is 0.270 e. The molecule has 0 saturated carbocycles. The summed E-state index contributed by atoms with van der Waals surface area (Å²) in [5, 5.41) is 16.2. The molecule has 206 valence electrons. The lowest BCUT2D eigenvalue weighted by atomic mass is 10.1. The van der Waals surface area contributed by atoms with Crippen LogP contribution in [0.4, 0.5) is 0 Å². The normalized spacial score (nSPS) is 12.2. The first-order valence-electron chi connectivity index (χ1n) is 13.3. The molecule has 10 heteroatoms. The molecule has 1 N–H and O–H groups in total. The Balaban J connectivity index is 1.44. The molecule has 2 aromatic heterocycles. The molecule has 4 aromatic rings. The molecule has 0 spiro atoms. The van der Waals surface area contributed by atoms with Crippen molar-refractivity contribution < 1.29 is 4.79 Å². The first-order valence-corrected chi connectivity index (χ1v) is 15.5. The van der Waals surface area contributed by atoms with E-state index in [1.165, 1.54) is 23.1 Å². The van der Waals surface area contributed by atoms with E-state index in [-0.39, 0.29) is 11.9 Å². The van der Waals surface area contributed by atoms with Crippen molar-refractivity contribution in [2.45, 2.75) is 57.5 Å². The summed E-state index contributed by atoms with van der Waals surface area (Å²) in [6.45, 7) is 11.6. The number of nitrogens with zero attached hydrogens (tertiary/aromatic N) is 5. The number of rotatable bonds is 13. The highest BCUT2D eigenvalue weighted by Gasteiger charge is 2.20. The van der Waals surface area contributed by atoms with Gasteiger partial charge in [-0.1, -0.05) is 67.5 Å². The zero-order valence-corrected chi connectivity index (χ0v) is 25.2. The summed E-state index contributed by atoms with van der Waals surface area (Å²) in [5.74, 6) is 1.14. The molecule has 0 fully saturated rings. The van der Waals surface area contributed by atoms with Crippen molar-refractivity contribution in [1.82, 2.24) is 30.0 Å². The Labute approximate surface area is 244 Å². The van der Waals surface area contributed by atoms with Crippen molar-refractivity contribution in [3.05, 3.63) is 75.2 Å². The number of aromatic nitrogens is 4. The molecule has 4 rings (SSSR count). The number of hydrogen-bond acceptors (Lipinski definition) is 7. The second kappa shape index (κ2) is 14.1. The van der Waals surface area contributed by atoms with E-state index in [9.17, 15) is 4.79 Å². The van der Waals surface area contributed by atoms with E-state index in [1.54, 1.807) is 0 Å². The molecule has 1 amide bonds. The fourth-order valence-corrected chi connectivity index (χ4v) is 6.31. The van der Waals surface area contributed by atoms with Crippen LogP contribution < -0.4 is 5.32 Å². The molecule has 2 heterocycles. The number of thiazole rings is 1. The number of carbonyl (C=O) groups excluding carboxylic acids is 1. The van der Waals surface area contributed by atoms with Gasteiger partial charge in [0.25, 0.3) is 5.91 Å². The van der Waals surface area contributed by atoms with Crippen LogP contribution >= 0.6 is 34.7 Å². The predicted octanol–water partition coefficient (Wildman–Crippen LogP) is 6.89. The van der Waals surface area contributed by atoms with Crippen molar-refractivity contribution in [3.8, 4) is 17.1 Å². The number of para-hydroxylation sites is 1. The molecule has 1 unspecified atom stereocenters. The van der Waals surface area contributed by atoms with Gasteiger partial charge >= 0.3 is 0 Å². The number of carbonyl (C=O) groups is 1. The topological polar surface area (TPSA) is 75.9 Å². The minimum atomic E-state index is -0.123. The molecule has 2 aromatic carbocycles. The summed E-state index contributed by atoms with van der Waals surface area (Å²) >= 11 is 9.55. The van der Waals surface area contributed by atoms with Gasteiger partial charge in [-0.3, -0.25) is 9.36 Å². The van der Waals surface area contributed by atoms with Crippen LogP contribution in [0.2, 0.25) is 5.02 Å². The Kier molecular flexibility index (Phi) is 10.6. The fourth-order valence-electron chi connectivity index (χ4n) is 4.35. The van der Waals surface area contributed by atoms with E-state index < -0.39 is 0 Å². The second-order valence-electron chi connectivity index (χ2n) is 9.37. The van der Waals surface area contributed by atoms with Crippen molar-refractivity contribution in [2.24, 2.45) is 0 Å². The third kappa shape index (κ3) is 7.48. The molecule has 0 saturated heterocycles. The summed E-state index contributed by atoms with van der Waals surface area (Å²) in [6, 6.07) is 15.9. The molecule has 0 radical (unpaired) electrons. The van der Waals surface area contributed by atoms with Gasteiger partial charge in [-0.15, -0.1) is 21.5 Å². The first-order chi connectivity index (χ1) is 18.9. The first kappa shape index (κ1) is 29.3. The second-order valence-corrected chi connectivity index (χ2v) is 11.7. The molecule has 0 aliphatic carbocycles. The average molecular weight is 583 g/mol. The monoisotopic (exact) mass is 582 g/mol. The summed E-state index contributed by atoms with van der Waals surface area (Å²) in [6.07, 6.45) is 2.00. The summed E-state index contributed by atoms with van der Waals surface area (Å²) < 4.78 is 2.04. The van der Waals surface area contributed by atoms with Crippen LogP contribution in [0, 0.1) is 6.92 Å². The predicted molar refractivity (Wildman–Crippen MR) is 162 cm³/mol. The fraction of sp³-hybridized carbons (Fsp3) is 0.379. The van der Waals surface area contributed by atoms with Crippen LogP contribution in [-0.4, -0.2) is 56.2 Å². The summed E-state index contributed by atoms with van der Waals surface area (Å²) in [4.78, 5) is 19.8. The Morgan fingerprint density at radius 1 is 1.13 bits per heavy atom. The van der Waals surface area contributed by atoms with Crippen molar-refractivity contribution in [2.75, 3.05) is 19.6 Å². The van der Waals surface area contributed by atoms with E-state index in [1.807, 2.05) is 46.3 Å². The van der Waals surface area contributed by atoms with Crippen LogP contribution in [0.15, 0.2) is 59.1 Å². The molecular weight excluding hydrogens is 548 g/mol. The van der Waals surface area contributed by atoms with Gasteiger partial charge in [0.2, 0.25) is 0 Å². The van der Waals surface area contributed by atoms with Gasteiger partial charge in [0, 0.05) is 17.0 Å². The minimum Gasteiger partial charge on any atom is -0.348 e. The number of thioether (sulfide) groups is 1. The number of amides is 1. The van der Waals surface area contributed by atoms with Gasteiger partial charge < -0.3 is 10.2 Å². The summed E-state index contributed by atoms with van der Waals surface area (Å²) in [5.41, 5.74) is 3.38. The van der Waals surface area contributed by atoms with Crippen molar-refractivity contribution in [1.29, 1.82) is 0 Å². The lowest BCUT2D eigenvalue weighted by Gasteiger charge is -2.19. The SMILES string of the molecule is CCN(CC)CCCC(C)NC(=O)c1csc(CSc2nnc(-c3ccccc3Cl)n2-c2ccccc2C)n1. The molecule has 0 aliphatic heterocycles. The molecule has 0 aliphatic rings. The van der Waals surface area contributed by atoms with E-state index in [0.717, 1.165) is 59.5 Å². The van der Waals surface area contributed by atoms with Gasteiger partial charge in [0.15, 0.2) is 11.0 Å². The number of hydrogen-bond donors (Lipinski definition) is 1. The van der Waals surface area contributed by atoms with E-state index in [2.05, 4.69) is 65.2 Å². The number of benzene rings is 2. The Bertz CT molecular complexity index is 1380. The van der Waals surface area contributed by atoms with Gasteiger partial charge in [0.05, 0.1) is 16.5 Å². The van der Waals surface area contributed by atoms with Gasteiger partial charge in [0.1, 0.15) is 10.7 Å². The van der Waals surface area contributed by atoms with E-state index in [4.69, 9.17) is 11.6 Å². The van der Waals surface area contributed by atoms with Crippen LogP contribution in [0.3, 0.4) is 0 Å². The standard InChI is InChI=1S/C29H35ClN6OS2/c1-5-35(6-2)17-11-13-21(4)31-28(37)24-18-38-26(32-24)19-39-29-34-33-27(22-14-8-9-15-23(22)30)36(29)25-16-10-7-12-20(25)3/h7-10,12,14-16,18,21H,5-6,11,13,17,19H2,1-4H3,(H,31,37). The van der Waals surface area contributed by atoms with Crippen LogP contribution in [0.1, 0.15) is 54.7 Å². The maximum absolute atomic E-state index is 12.8.